The van der Waals surface area contributed by atoms with E-state index in [9.17, 15) is 14.0 Å². The van der Waals surface area contributed by atoms with Crippen molar-refractivity contribution in [2.45, 2.75) is 65.1 Å². The number of ether oxygens (including phenoxy) is 2. The molecule has 2 amide bonds. The molecule has 1 N–H and O–H groups in total. The summed E-state index contributed by atoms with van der Waals surface area (Å²) in [6.07, 6.45) is 1.99. The summed E-state index contributed by atoms with van der Waals surface area (Å²) in [6.45, 7) is 6.06. The molecule has 2 aromatic carbocycles. The van der Waals surface area contributed by atoms with E-state index in [-0.39, 0.29) is 36.6 Å². The summed E-state index contributed by atoms with van der Waals surface area (Å²) in [7, 11) is 3.14. The van der Waals surface area contributed by atoms with Gasteiger partial charge >= 0.3 is 0 Å². The Morgan fingerprint density at radius 2 is 1.61 bits per heavy atom. The van der Waals surface area contributed by atoms with Crippen LogP contribution in [0.25, 0.3) is 0 Å². The van der Waals surface area contributed by atoms with Gasteiger partial charge in [-0.2, -0.15) is 0 Å². The van der Waals surface area contributed by atoms with Crippen LogP contribution in [-0.4, -0.2) is 43.0 Å². The van der Waals surface area contributed by atoms with Crippen LogP contribution in [0.2, 0.25) is 0 Å². The molecule has 0 aliphatic carbocycles. The summed E-state index contributed by atoms with van der Waals surface area (Å²) in [5.41, 5.74) is 1.70. The van der Waals surface area contributed by atoms with Gasteiger partial charge in [-0.05, 0) is 61.6 Å². The molecule has 2 unspecified atom stereocenters. The highest BCUT2D eigenvalue weighted by molar-refractivity contribution is 5.88. The predicted molar refractivity (Wildman–Crippen MR) is 127 cm³/mol. The van der Waals surface area contributed by atoms with Crippen molar-refractivity contribution in [3.05, 3.63) is 59.4 Å². The highest BCUT2D eigenvalue weighted by Gasteiger charge is 2.29. The van der Waals surface area contributed by atoms with Gasteiger partial charge in [-0.3, -0.25) is 9.59 Å². The van der Waals surface area contributed by atoms with Crippen molar-refractivity contribution < 1.29 is 23.5 Å². The lowest BCUT2D eigenvalue weighted by Crippen LogP contribution is -2.50. The third-order valence-electron chi connectivity index (χ3n) is 5.73. The Balaban J connectivity index is 2.22. The van der Waals surface area contributed by atoms with Crippen LogP contribution in [0, 0.1) is 5.82 Å². The van der Waals surface area contributed by atoms with Gasteiger partial charge in [0, 0.05) is 19.0 Å². The molecular formula is C26H35FN2O4. The van der Waals surface area contributed by atoms with Crippen molar-refractivity contribution >= 4 is 11.8 Å². The van der Waals surface area contributed by atoms with Gasteiger partial charge in [-0.15, -0.1) is 0 Å². The number of methoxy groups -OCH3 is 2. The van der Waals surface area contributed by atoms with Gasteiger partial charge < -0.3 is 19.7 Å². The number of hydrogen-bond acceptors (Lipinski definition) is 4. The summed E-state index contributed by atoms with van der Waals surface area (Å²) in [6, 6.07) is 11.0. The van der Waals surface area contributed by atoms with Gasteiger partial charge in [0.15, 0.2) is 11.5 Å². The number of hydrogen-bond donors (Lipinski definition) is 1. The van der Waals surface area contributed by atoms with Crippen LogP contribution in [0.15, 0.2) is 42.5 Å². The average molecular weight is 459 g/mol. The first-order valence-electron chi connectivity index (χ1n) is 11.4. The first kappa shape index (κ1) is 26.2. The molecule has 2 rings (SSSR count). The highest BCUT2D eigenvalue weighted by atomic mass is 19.1. The SMILES string of the molecule is CCC(C)NC(=O)C(CC)N(Cc1ccc(F)cc1)C(=O)CCc1ccc(OC)c(OC)c1. The van der Waals surface area contributed by atoms with Crippen LogP contribution in [0.3, 0.4) is 0 Å². The van der Waals surface area contributed by atoms with E-state index in [1.54, 1.807) is 31.3 Å². The largest absolute Gasteiger partial charge is 0.493 e. The first-order valence-corrected chi connectivity index (χ1v) is 11.4. The molecule has 6 nitrogen and oxygen atoms in total. The number of nitrogens with one attached hydrogen (secondary N) is 1. The van der Waals surface area contributed by atoms with Gasteiger partial charge in [0.25, 0.3) is 0 Å². The molecule has 0 saturated heterocycles. The number of rotatable bonds is 12. The molecule has 0 spiro atoms. The zero-order valence-electron chi connectivity index (χ0n) is 20.2. The standard InChI is InChI=1S/C26H35FN2O4/c1-6-18(3)28-26(31)22(7-2)29(17-20-8-12-21(27)13-9-20)25(30)15-11-19-10-14-23(32-4)24(16-19)33-5/h8-10,12-14,16,18,22H,6-7,11,15,17H2,1-5H3,(H,28,31). The number of carbonyl (C=O) groups excluding carboxylic acids is 2. The van der Waals surface area contributed by atoms with Crippen LogP contribution in [-0.2, 0) is 22.6 Å². The molecule has 0 heterocycles. The molecule has 0 fully saturated rings. The fourth-order valence-corrected chi connectivity index (χ4v) is 3.58. The minimum atomic E-state index is -0.609. The molecule has 7 heteroatoms. The normalized spacial score (nSPS) is 12.5. The van der Waals surface area contributed by atoms with Crippen molar-refractivity contribution in [2.24, 2.45) is 0 Å². The van der Waals surface area contributed by atoms with E-state index in [2.05, 4.69) is 5.32 Å². The molecule has 0 bridgehead atoms. The molecule has 0 aromatic heterocycles. The van der Waals surface area contributed by atoms with E-state index < -0.39 is 6.04 Å². The fourth-order valence-electron chi connectivity index (χ4n) is 3.58. The Morgan fingerprint density at radius 3 is 2.18 bits per heavy atom. The van der Waals surface area contributed by atoms with Crippen LogP contribution in [0.1, 0.15) is 51.2 Å². The zero-order chi connectivity index (χ0) is 24.4. The average Bonchev–Trinajstić information content (AvgIpc) is 2.83. The van der Waals surface area contributed by atoms with E-state index in [4.69, 9.17) is 9.47 Å². The second-order valence-electron chi connectivity index (χ2n) is 8.08. The maximum absolute atomic E-state index is 13.4. The van der Waals surface area contributed by atoms with Gasteiger partial charge in [0.1, 0.15) is 11.9 Å². The van der Waals surface area contributed by atoms with Crippen molar-refractivity contribution in [3.8, 4) is 11.5 Å². The van der Waals surface area contributed by atoms with Crippen molar-refractivity contribution in [1.29, 1.82) is 0 Å². The van der Waals surface area contributed by atoms with E-state index in [0.29, 0.717) is 24.3 Å². The number of halogens is 1. The number of benzene rings is 2. The molecular weight excluding hydrogens is 423 g/mol. The lowest BCUT2D eigenvalue weighted by molar-refractivity contribution is -0.141. The summed E-state index contributed by atoms with van der Waals surface area (Å²) in [5, 5.41) is 2.99. The maximum Gasteiger partial charge on any atom is 0.243 e. The Bertz CT molecular complexity index is 917. The van der Waals surface area contributed by atoms with E-state index in [1.165, 1.54) is 12.1 Å². The Hall–Kier alpha value is -3.09. The highest BCUT2D eigenvalue weighted by Crippen LogP contribution is 2.28. The molecule has 2 atom stereocenters. The maximum atomic E-state index is 13.4. The minimum absolute atomic E-state index is 0.0149. The van der Waals surface area contributed by atoms with Crippen LogP contribution in [0.5, 0.6) is 11.5 Å². The molecule has 33 heavy (non-hydrogen) atoms. The smallest absolute Gasteiger partial charge is 0.243 e. The quantitative estimate of drug-likeness (QED) is 0.509. The third-order valence-corrected chi connectivity index (χ3v) is 5.73. The molecule has 0 saturated carbocycles. The number of carbonyl (C=O) groups is 2. The Kier molecular flexibility index (Phi) is 10.2. The summed E-state index contributed by atoms with van der Waals surface area (Å²) < 4.78 is 24.0. The van der Waals surface area contributed by atoms with Crippen molar-refractivity contribution in [2.75, 3.05) is 14.2 Å². The Morgan fingerprint density at radius 1 is 0.970 bits per heavy atom. The van der Waals surface area contributed by atoms with Gasteiger partial charge in [0.2, 0.25) is 11.8 Å². The summed E-state index contributed by atoms with van der Waals surface area (Å²) in [4.78, 5) is 27.9. The van der Waals surface area contributed by atoms with Crippen molar-refractivity contribution in [3.63, 3.8) is 0 Å². The minimum Gasteiger partial charge on any atom is -0.493 e. The van der Waals surface area contributed by atoms with Crippen LogP contribution >= 0.6 is 0 Å². The molecule has 2 aromatic rings. The van der Waals surface area contributed by atoms with Gasteiger partial charge in [-0.1, -0.05) is 32.0 Å². The molecule has 0 aliphatic heterocycles. The number of nitrogens with zero attached hydrogens (tertiary/aromatic N) is 1. The first-order chi connectivity index (χ1) is 15.8. The summed E-state index contributed by atoms with van der Waals surface area (Å²) in [5.74, 6) is 0.573. The summed E-state index contributed by atoms with van der Waals surface area (Å²) >= 11 is 0. The zero-order valence-corrected chi connectivity index (χ0v) is 20.2. The lowest BCUT2D eigenvalue weighted by Gasteiger charge is -2.31. The molecule has 0 aliphatic rings. The van der Waals surface area contributed by atoms with E-state index in [0.717, 1.165) is 17.5 Å². The molecule has 0 radical (unpaired) electrons. The fraction of sp³-hybridized carbons (Fsp3) is 0.462. The second-order valence-corrected chi connectivity index (χ2v) is 8.08. The predicted octanol–water partition coefficient (Wildman–Crippen LogP) is 4.50. The topological polar surface area (TPSA) is 67.9 Å². The van der Waals surface area contributed by atoms with Crippen LogP contribution in [0.4, 0.5) is 4.39 Å². The molecule has 180 valence electrons. The van der Waals surface area contributed by atoms with E-state index in [1.807, 2.05) is 39.0 Å². The van der Waals surface area contributed by atoms with Crippen molar-refractivity contribution in [1.82, 2.24) is 10.2 Å². The lowest BCUT2D eigenvalue weighted by atomic mass is 10.1. The van der Waals surface area contributed by atoms with Gasteiger partial charge in [-0.25, -0.2) is 4.39 Å². The number of aryl methyl sites for hydroxylation is 1. The third kappa shape index (κ3) is 7.48. The van der Waals surface area contributed by atoms with E-state index >= 15 is 0 Å². The van der Waals surface area contributed by atoms with Gasteiger partial charge in [0.05, 0.1) is 14.2 Å². The second kappa shape index (κ2) is 12.8. The van der Waals surface area contributed by atoms with Crippen LogP contribution < -0.4 is 14.8 Å². The number of amides is 2. The Labute approximate surface area is 196 Å². The monoisotopic (exact) mass is 458 g/mol.